The van der Waals surface area contributed by atoms with Gasteiger partial charge >= 0.3 is 6.09 Å². The SMILES string of the molecule is C=CC1CC1(NC(=O)C1CC(Oc2nc3c(c4cc(OC)ccc24)OCCN3C)CN1C(=O)OC(C)(C)C)C(=O)NS(=O)(=O)C1CC1. The predicted molar refractivity (Wildman–Crippen MR) is 172 cm³/mol. The number of aromatic nitrogens is 1. The Balaban J connectivity index is 1.28. The fourth-order valence-electron chi connectivity index (χ4n) is 6.06. The first kappa shape index (κ1) is 32.7. The minimum atomic E-state index is -3.85. The third-order valence-electron chi connectivity index (χ3n) is 8.87. The summed E-state index contributed by atoms with van der Waals surface area (Å²) in [7, 11) is -0.374. The number of hydrogen-bond donors (Lipinski definition) is 2. The predicted octanol–water partition coefficient (Wildman–Crippen LogP) is 2.50. The van der Waals surface area contributed by atoms with Crippen LogP contribution < -0.4 is 29.1 Å². The first-order valence-corrected chi connectivity index (χ1v) is 17.2. The third-order valence-corrected chi connectivity index (χ3v) is 10.7. The summed E-state index contributed by atoms with van der Waals surface area (Å²) in [6.07, 6.45) is 1.30. The summed E-state index contributed by atoms with van der Waals surface area (Å²) in [5, 5.41) is 3.56. The van der Waals surface area contributed by atoms with Gasteiger partial charge in [-0.05, 0) is 58.2 Å². The Morgan fingerprint density at radius 2 is 1.94 bits per heavy atom. The number of carbonyl (C=O) groups is 3. The molecule has 15 heteroatoms. The number of rotatable bonds is 9. The normalized spacial score (nSPS) is 25.3. The van der Waals surface area contributed by atoms with Gasteiger partial charge in [0, 0.05) is 30.2 Å². The van der Waals surface area contributed by atoms with Crippen LogP contribution in [0.2, 0.25) is 0 Å². The Bertz CT molecular complexity index is 1740. The van der Waals surface area contributed by atoms with E-state index in [1.807, 2.05) is 24.1 Å². The van der Waals surface area contributed by atoms with Crippen LogP contribution in [-0.4, -0.2) is 98.6 Å². The highest BCUT2D eigenvalue weighted by Gasteiger charge is 2.62. The van der Waals surface area contributed by atoms with Gasteiger partial charge < -0.3 is 29.2 Å². The van der Waals surface area contributed by atoms with Gasteiger partial charge in [0.25, 0.3) is 5.91 Å². The van der Waals surface area contributed by atoms with E-state index in [0.29, 0.717) is 54.6 Å². The minimum Gasteiger partial charge on any atom is -0.497 e. The topological polar surface area (TPSA) is 166 Å². The Morgan fingerprint density at radius 1 is 1.19 bits per heavy atom. The highest BCUT2D eigenvalue weighted by atomic mass is 32.2. The molecule has 1 aromatic carbocycles. The number of nitrogens with zero attached hydrogens (tertiary/aromatic N) is 3. The molecule has 254 valence electrons. The van der Waals surface area contributed by atoms with Gasteiger partial charge in [0.15, 0.2) is 11.6 Å². The molecular weight excluding hydrogens is 630 g/mol. The van der Waals surface area contributed by atoms with Crippen molar-refractivity contribution in [3.05, 3.63) is 30.9 Å². The number of anilines is 1. The van der Waals surface area contributed by atoms with Crippen molar-refractivity contribution in [2.24, 2.45) is 5.92 Å². The fourth-order valence-corrected chi connectivity index (χ4v) is 7.43. The number of likely N-dealkylation sites (N-methyl/N-ethyl adjacent to an activating group) is 1. The van der Waals surface area contributed by atoms with Crippen molar-refractivity contribution in [3.63, 3.8) is 0 Å². The summed E-state index contributed by atoms with van der Waals surface area (Å²) in [5.41, 5.74) is -2.35. The molecule has 4 unspecified atom stereocenters. The van der Waals surface area contributed by atoms with Crippen LogP contribution in [0.4, 0.5) is 10.6 Å². The molecule has 14 nitrogen and oxygen atoms in total. The summed E-state index contributed by atoms with van der Waals surface area (Å²) in [5.74, 6) is 0.183. The van der Waals surface area contributed by atoms with E-state index in [0.717, 1.165) is 5.39 Å². The van der Waals surface area contributed by atoms with Gasteiger partial charge in [-0.25, -0.2) is 13.2 Å². The number of hydrogen-bond acceptors (Lipinski definition) is 11. The van der Waals surface area contributed by atoms with Crippen LogP contribution in [0.3, 0.4) is 0 Å². The third kappa shape index (κ3) is 6.36. The van der Waals surface area contributed by atoms with Crippen LogP contribution >= 0.6 is 0 Å². The van der Waals surface area contributed by atoms with Crippen molar-refractivity contribution >= 4 is 44.5 Å². The fraction of sp³-hybridized carbons (Fsp3) is 0.562. The first-order chi connectivity index (χ1) is 22.2. The lowest BCUT2D eigenvalue weighted by Crippen LogP contribution is -2.56. The average Bonchev–Trinajstić information content (AvgIpc) is 3.93. The number of likely N-dealkylation sites (tertiary alicyclic amines) is 1. The number of amides is 3. The second-order valence-electron chi connectivity index (χ2n) is 13.6. The smallest absolute Gasteiger partial charge is 0.411 e. The summed E-state index contributed by atoms with van der Waals surface area (Å²) in [4.78, 5) is 48.7. The van der Waals surface area contributed by atoms with E-state index in [4.69, 9.17) is 23.9 Å². The molecule has 2 N–H and O–H groups in total. The zero-order chi connectivity index (χ0) is 33.9. The van der Waals surface area contributed by atoms with Gasteiger partial charge in [-0.2, -0.15) is 4.98 Å². The molecule has 2 saturated carbocycles. The van der Waals surface area contributed by atoms with Crippen LogP contribution in [0.5, 0.6) is 17.4 Å². The molecule has 3 fully saturated rings. The van der Waals surface area contributed by atoms with E-state index in [9.17, 15) is 22.8 Å². The van der Waals surface area contributed by atoms with Gasteiger partial charge in [-0.1, -0.05) is 6.08 Å². The molecule has 1 aromatic heterocycles. The summed E-state index contributed by atoms with van der Waals surface area (Å²) in [6.45, 7) is 10.0. The summed E-state index contributed by atoms with van der Waals surface area (Å²) < 4.78 is 50.8. The van der Waals surface area contributed by atoms with Crippen molar-refractivity contribution in [2.75, 3.05) is 38.8 Å². The maximum atomic E-state index is 13.9. The van der Waals surface area contributed by atoms with E-state index in [-0.39, 0.29) is 19.4 Å². The molecule has 4 atom stereocenters. The van der Waals surface area contributed by atoms with Crippen molar-refractivity contribution in [1.82, 2.24) is 19.9 Å². The molecule has 0 spiro atoms. The maximum absolute atomic E-state index is 13.9. The minimum absolute atomic E-state index is 0.00407. The molecule has 4 aliphatic rings. The number of ether oxygens (including phenoxy) is 4. The van der Waals surface area contributed by atoms with E-state index < -0.39 is 62.4 Å². The molecule has 2 aromatic rings. The van der Waals surface area contributed by atoms with Crippen molar-refractivity contribution < 1.29 is 41.7 Å². The highest BCUT2D eigenvalue weighted by molar-refractivity contribution is 7.91. The zero-order valence-corrected chi connectivity index (χ0v) is 28.0. The Kier molecular flexibility index (Phi) is 8.17. The van der Waals surface area contributed by atoms with E-state index in [1.165, 1.54) is 11.0 Å². The number of sulfonamides is 1. The quantitative estimate of drug-likeness (QED) is 0.376. The molecule has 3 amide bonds. The molecule has 0 radical (unpaired) electrons. The number of nitrogens with one attached hydrogen (secondary N) is 2. The van der Waals surface area contributed by atoms with Crippen molar-refractivity contribution in [2.45, 2.75) is 75.0 Å². The number of fused-ring (bicyclic) bond motifs is 3. The maximum Gasteiger partial charge on any atom is 0.411 e. The number of benzene rings is 1. The van der Waals surface area contributed by atoms with Crippen LogP contribution in [-0.2, 0) is 24.3 Å². The molecule has 6 rings (SSSR count). The molecule has 0 bridgehead atoms. The van der Waals surface area contributed by atoms with Gasteiger partial charge in [-0.15, -0.1) is 6.58 Å². The molecular formula is C32H41N5O9S. The average molecular weight is 672 g/mol. The van der Waals surface area contributed by atoms with Crippen LogP contribution in [0.15, 0.2) is 30.9 Å². The second-order valence-corrected chi connectivity index (χ2v) is 15.5. The summed E-state index contributed by atoms with van der Waals surface area (Å²) >= 11 is 0. The van der Waals surface area contributed by atoms with Gasteiger partial charge in [0.2, 0.25) is 21.8 Å². The first-order valence-electron chi connectivity index (χ1n) is 15.7. The Morgan fingerprint density at radius 3 is 2.57 bits per heavy atom. The van der Waals surface area contributed by atoms with Gasteiger partial charge in [0.1, 0.15) is 35.6 Å². The lowest BCUT2D eigenvalue weighted by molar-refractivity contribution is -0.131. The van der Waals surface area contributed by atoms with Crippen LogP contribution in [0, 0.1) is 5.92 Å². The molecule has 47 heavy (non-hydrogen) atoms. The lowest BCUT2D eigenvalue weighted by atomic mass is 10.1. The second kappa shape index (κ2) is 11.8. The van der Waals surface area contributed by atoms with Crippen LogP contribution in [0.1, 0.15) is 46.5 Å². The molecule has 1 saturated heterocycles. The monoisotopic (exact) mass is 671 g/mol. The molecule has 2 aliphatic carbocycles. The van der Waals surface area contributed by atoms with Crippen LogP contribution in [0.25, 0.3) is 10.8 Å². The lowest BCUT2D eigenvalue weighted by Gasteiger charge is -2.29. The van der Waals surface area contributed by atoms with E-state index >= 15 is 0 Å². The number of pyridine rings is 1. The van der Waals surface area contributed by atoms with E-state index in [1.54, 1.807) is 33.9 Å². The largest absolute Gasteiger partial charge is 0.497 e. The summed E-state index contributed by atoms with van der Waals surface area (Å²) in [6, 6.07) is 4.37. The Hall–Kier alpha value is -4.27. The zero-order valence-electron chi connectivity index (χ0n) is 27.2. The van der Waals surface area contributed by atoms with E-state index in [2.05, 4.69) is 16.6 Å². The Labute approximate surface area is 273 Å². The van der Waals surface area contributed by atoms with Crippen molar-refractivity contribution in [1.29, 1.82) is 0 Å². The molecule has 3 heterocycles. The van der Waals surface area contributed by atoms with Gasteiger partial charge in [-0.3, -0.25) is 19.2 Å². The molecule has 2 aliphatic heterocycles. The standard InChI is InChI=1S/C32H41N5O9S/c1-7-18-16-32(18,29(39)35-47(41,42)21-9-10-21)34-27(38)24-15-20(17-37(24)30(40)46-31(2,3)4)45-28-22-11-8-19(43-6)14-23(22)25-26(33-28)36(5)12-13-44-25/h7-8,11,14,18,20-21,24H,1,9-10,12-13,15-17H2,2-6H3,(H,34,38)(H,35,39). The number of methoxy groups -OCH3 is 1. The van der Waals surface area contributed by atoms with Gasteiger partial charge in [0.05, 0.1) is 25.4 Å². The number of carbonyl (C=O) groups excluding carboxylic acids is 3. The highest BCUT2D eigenvalue weighted by Crippen LogP contribution is 2.46. The van der Waals surface area contributed by atoms with Crippen molar-refractivity contribution in [3.8, 4) is 17.4 Å².